The van der Waals surface area contributed by atoms with Gasteiger partial charge in [-0.1, -0.05) is 23.3 Å². The molecule has 0 saturated carbocycles. The van der Waals surface area contributed by atoms with Crippen LogP contribution in [0.15, 0.2) is 23.3 Å². The Morgan fingerprint density at radius 2 is 1.82 bits per heavy atom. The van der Waals surface area contributed by atoms with Crippen molar-refractivity contribution in [3.63, 3.8) is 0 Å². The summed E-state index contributed by atoms with van der Waals surface area (Å²) in [7, 11) is 0. The molecule has 0 unspecified atom stereocenters. The molecule has 0 atom stereocenters. The maximum absolute atomic E-state index is 12.0. The van der Waals surface area contributed by atoms with E-state index in [-0.39, 0.29) is 6.09 Å². The van der Waals surface area contributed by atoms with Gasteiger partial charge in [0.05, 0.1) is 0 Å². The number of carbonyl (C=O) groups excluding carboxylic acids is 1. The number of allylic oxidation sites excluding steroid dienone is 2. The van der Waals surface area contributed by atoms with Gasteiger partial charge < -0.3 is 9.64 Å². The summed E-state index contributed by atoms with van der Waals surface area (Å²) in [5, 5.41) is 0. The average Bonchev–Trinajstić information content (AvgIpc) is 2.15. The van der Waals surface area contributed by atoms with Crippen LogP contribution in [0.2, 0.25) is 0 Å². The molecule has 0 aliphatic carbocycles. The first-order chi connectivity index (χ1) is 7.78. The first kappa shape index (κ1) is 13.8. The summed E-state index contributed by atoms with van der Waals surface area (Å²) < 4.78 is 5.40. The Kier molecular flexibility index (Phi) is 4.38. The lowest BCUT2D eigenvalue weighted by Crippen LogP contribution is -2.38. The predicted octanol–water partition coefficient (Wildman–Crippen LogP) is 3.52. The number of hydrogen-bond donors (Lipinski definition) is 0. The molecule has 0 aromatic carbocycles. The lowest BCUT2D eigenvalue weighted by molar-refractivity contribution is 0.0268. The summed E-state index contributed by atoms with van der Waals surface area (Å²) in [6.45, 7) is 11.2. The Hall–Kier alpha value is -1.25. The molecule has 3 nitrogen and oxygen atoms in total. The summed E-state index contributed by atoms with van der Waals surface area (Å²) in [4.78, 5) is 13.8. The Morgan fingerprint density at radius 3 is 2.41 bits per heavy atom. The zero-order chi connectivity index (χ0) is 13.1. The summed E-state index contributed by atoms with van der Waals surface area (Å²) >= 11 is 0. The van der Waals surface area contributed by atoms with E-state index in [9.17, 15) is 4.79 Å². The van der Waals surface area contributed by atoms with Gasteiger partial charge in [-0.2, -0.15) is 0 Å². The van der Waals surface area contributed by atoms with Crippen molar-refractivity contribution in [1.29, 1.82) is 0 Å². The molecule has 1 aliphatic rings. The fourth-order valence-corrected chi connectivity index (χ4v) is 1.59. The van der Waals surface area contributed by atoms with E-state index in [0.29, 0.717) is 6.54 Å². The average molecular weight is 237 g/mol. The molecule has 0 saturated heterocycles. The number of hydrogen-bond acceptors (Lipinski definition) is 2. The number of nitrogens with zero attached hydrogens (tertiary/aromatic N) is 1. The molecule has 3 heteroatoms. The van der Waals surface area contributed by atoms with Crippen molar-refractivity contribution in [1.82, 2.24) is 4.90 Å². The number of carbonyl (C=O) groups is 1. The molecular formula is C14H23NO2. The van der Waals surface area contributed by atoms with Gasteiger partial charge in [0.15, 0.2) is 0 Å². The summed E-state index contributed by atoms with van der Waals surface area (Å²) in [6, 6.07) is 0. The van der Waals surface area contributed by atoms with E-state index in [2.05, 4.69) is 19.1 Å². The highest BCUT2D eigenvalue weighted by atomic mass is 16.6. The van der Waals surface area contributed by atoms with Crippen LogP contribution in [0.1, 0.15) is 41.0 Å². The fraction of sp³-hybridized carbons (Fsp3) is 0.643. The van der Waals surface area contributed by atoms with Crippen molar-refractivity contribution < 1.29 is 9.53 Å². The summed E-state index contributed by atoms with van der Waals surface area (Å²) in [5.74, 6) is 0. The van der Waals surface area contributed by atoms with Crippen LogP contribution < -0.4 is 0 Å². The van der Waals surface area contributed by atoms with Crippen molar-refractivity contribution >= 4 is 6.09 Å². The van der Waals surface area contributed by atoms with E-state index in [0.717, 1.165) is 13.0 Å². The smallest absolute Gasteiger partial charge is 0.410 e. The first-order valence-corrected chi connectivity index (χ1v) is 6.09. The second kappa shape index (κ2) is 5.39. The van der Waals surface area contributed by atoms with E-state index >= 15 is 0 Å². The van der Waals surface area contributed by atoms with Crippen LogP contribution in [0.5, 0.6) is 0 Å². The zero-order valence-electron chi connectivity index (χ0n) is 11.5. The van der Waals surface area contributed by atoms with Gasteiger partial charge in [0.1, 0.15) is 5.60 Å². The van der Waals surface area contributed by atoms with Crippen molar-refractivity contribution in [2.45, 2.75) is 46.6 Å². The molecule has 0 fully saturated rings. The van der Waals surface area contributed by atoms with E-state index in [4.69, 9.17) is 4.74 Å². The second-order valence-corrected chi connectivity index (χ2v) is 5.68. The topological polar surface area (TPSA) is 29.5 Å². The van der Waals surface area contributed by atoms with Gasteiger partial charge >= 0.3 is 6.09 Å². The molecular weight excluding hydrogens is 214 g/mol. The number of amides is 1. The van der Waals surface area contributed by atoms with Crippen molar-refractivity contribution in [3.05, 3.63) is 23.3 Å². The minimum atomic E-state index is -0.429. The molecule has 1 heterocycles. The number of ether oxygens (including phenoxy) is 1. The Bertz CT molecular complexity index is 348. The molecule has 1 aliphatic heterocycles. The van der Waals surface area contributed by atoms with Crippen LogP contribution in [0.3, 0.4) is 0 Å². The predicted molar refractivity (Wildman–Crippen MR) is 69.9 cm³/mol. The minimum Gasteiger partial charge on any atom is -0.444 e. The monoisotopic (exact) mass is 237 g/mol. The Balaban J connectivity index is 2.69. The largest absolute Gasteiger partial charge is 0.444 e. The molecule has 0 N–H and O–H groups in total. The van der Waals surface area contributed by atoms with E-state index in [1.165, 1.54) is 11.1 Å². The molecule has 0 radical (unpaired) electrons. The van der Waals surface area contributed by atoms with E-state index in [1.54, 1.807) is 4.90 Å². The third kappa shape index (κ3) is 5.07. The molecule has 1 amide bonds. The van der Waals surface area contributed by atoms with Gasteiger partial charge in [-0.3, -0.25) is 0 Å². The van der Waals surface area contributed by atoms with Crippen LogP contribution in [0.4, 0.5) is 4.79 Å². The van der Waals surface area contributed by atoms with E-state index < -0.39 is 5.60 Å². The highest BCUT2D eigenvalue weighted by Gasteiger charge is 2.22. The lowest BCUT2D eigenvalue weighted by atomic mass is 10.1. The maximum Gasteiger partial charge on any atom is 0.410 e. The summed E-state index contributed by atoms with van der Waals surface area (Å²) in [5.41, 5.74) is 2.04. The molecule has 0 aromatic heterocycles. The quantitative estimate of drug-likeness (QED) is 0.645. The SMILES string of the molecule is CC1=C/C=C(\C)CN(C(=O)OC(C)(C)C)CC1. The van der Waals surface area contributed by atoms with Crippen LogP contribution >= 0.6 is 0 Å². The highest BCUT2D eigenvalue weighted by molar-refractivity contribution is 5.68. The fourth-order valence-electron chi connectivity index (χ4n) is 1.59. The molecule has 0 spiro atoms. The highest BCUT2D eigenvalue weighted by Crippen LogP contribution is 2.15. The maximum atomic E-state index is 12.0. The second-order valence-electron chi connectivity index (χ2n) is 5.68. The normalized spacial score (nSPS) is 20.9. The Labute approximate surface area is 104 Å². The van der Waals surface area contributed by atoms with E-state index in [1.807, 2.05) is 27.7 Å². The van der Waals surface area contributed by atoms with Gasteiger partial charge in [0.25, 0.3) is 0 Å². The molecule has 0 aromatic rings. The van der Waals surface area contributed by atoms with Gasteiger partial charge in [-0.05, 0) is 41.0 Å². The van der Waals surface area contributed by atoms with Crippen molar-refractivity contribution in [3.8, 4) is 0 Å². The van der Waals surface area contributed by atoms with Crippen LogP contribution in [-0.4, -0.2) is 29.7 Å². The van der Waals surface area contributed by atoms with Gasteiger partial charge in [0, 0.05) is 13.1 Å². The number of rotatable bonds is 0. The minimum absolute atomic E-state index is 0.222. The summed E-state index contributed by atoms with van der Waals surface area (Å²) in [6.07, 6.45) is 4.89. The first-order valence-electron chi connectivity index (χ1n) is 6.09. The molecule has 1 rings (SSSR count). The van der Waals surface area contributed by atoms with Crippen molar-refractivity contribution in [2.75, 3.05) is 13.1 Å². The lowest BCUT2D eigenvalue weighted by Gasteiger charge is -2.28. The molecule has 0 bridgehead atoms. The van der Waals surface area contributed by atoms with Gasteiger partial charge in [-0.15, -0.1) is 0 Å². The van der Waals surface area contributed by atoms with Crippen LogP contribution in [0, 0.1) is 0 Å². The standard InChI is InChI=1S/C14H23NO2/c1-11-6-7-12(2)10-15(9-8-11)13(16)17-14(3,4)5/h6-7H,8-10H2,1-5H3/b11-6?,12-7+. The third-order valence-corrected chi connectivity index (χ3v) is 2.52. The van der Waals surface area contributed by atoms with Crippen LogP contribution in [0.25, 0.3) is 0 Å². The van der Waals surface area contributed by atoms with Gasteiger partial charge in [0.2, 0.25) is 0 Å². The Morgan fingerprint density at radius 1 is 1.24 bits per heavy atom. The molecule has 96 valence electrons. The molecule has 17 heavy (non-hydrogen) atoms. The third-order valence-electron chi connectivity index (χ3n) is 2.52. The van der Waals surface area contributed by atoms with Gasteiger partial charge in [-0.25, -0.2) is 4.79 Å². The zero-order valence-corrected chi connectivity index (χ0v) is 11.5. The van der Waals surface area contributed by atoms with Crippen LogP contribution in [-0.2, 0) is 4.74 Å². The van der Waals surface area contributed by atoms with Crippen molar-refractivity contribution in [2.24, 2.45) is 0 Å².